The van der Waals surface area contributed by atoms with Crippen molar-refractivity contribution in [2.75, 3.05) is 0 Å². The fourth-order valence-electron chi connectivity index (χ4n) is 3.17. The minimum absolute atomic E-state index is 0.118. The van der Waals surface area contributed by atoms with Crippen LogP contribution in [0.2, 0.25) is 0 Å². The van der Waals surface area contributed by atoms with Gasteiger partial charge in [-0.25, -0.2) is 9.18 Å². The number of rotatable bonds is 3. The number of carboxylic acid groups (broad SMARTS) is 1. The van der Waals surface area contributed by atoms with Crippen molar-refractivity contribution >= 4 is 38.4 Å². The van der Waals surface area contributed by atoms with Crippen molar-refractivity contribution in [1.29, 1.82) is 0 Å². The maximum absolute atomic E-state index is 14.6. The van der Waals surface area contributed by atoms with E-state index in [4.69, 9.17) is 5.11 Å². The Morgan fingerprint density at radius 3 is 2.62 bits per heavy atom. The Morgan fingerprint density at radius 1 is 1.46 bits per heavy atom. The molecule has 2 rings (SSSR count). The van der Waals surface area contributed by atoms with Gasteiger partial charge in [-0.2, -0.15) is 10.6 Å². The molecule has 0 saturated carbocycles. The van der Waals surface area contributed by atoms with Gasteiger partial charge in [-0.3, -0.25) is 19.4 Å². The number of amidine groups is 1. The van der Waals surface area contributed by atoms with Crippen molar-refractivity contribution < 1.29 is 23.4 Å². The molecule has 1 aromatic carbocycles. The number of benzene rings is 1. The monoisotopic (exact) mass is 448 g/mol. The quantitative estimate of drug-likeness (QED) is 0.490. The van der Waals surface area contributed by atoms with Crippen LogP contribution in [0, 0.1) is 5.82 Å². The lowest BCUT2D eigenvalue weighted by molar-refractivity contribution is 0.199. The molecule has 6 nitrogen and oxygen atoms in total. The molecular weight excluding hydrogens is 427 g/mol. The summed E-state index contributed by atoms with van der Waals surface area (Å²) in [6, 6.07) is 4.29. The first-order chi connectivity index (χ1) is 11.9. The Hall–Kier alpha value is -1.42. The molecule has 0 radical (unpaired) electrons. The number of hydrogen-bond acceptors (Lipinski definition) is 4. The third-order valence-corrected chi connectivity index (χ3v) is 8.40. The second kappa shape index (κ2) is 6.95. The average molecular weight is 449 g/mol. The van der Waals surface area contributed by atoms with Gasteiger partial charge in [-0.15, -0.1) is 6.58 Å². The molecule has 0 aromatic heterocycles. The van der Waals surface area contributed by atoms with Crippen LogP contribution in [0.25, 0.3) is 0 Å². The molecule has 0 spiro atoms. The Bertz CT molecular complexity index is 784. The average Bonchev–Trinajstić information content (AvgIpc) is 2.52. The van der Waals surface area contributed by atoms with Crippen molar-refractivity contribution in [3.63, 3.8) is 0 Å². The zero-order valence-electron chi connectivity index (χ0n) is 14.7. The first-order valence-corrected chi connectivity index (χ1v) is 10.2. The smallest absolute Gasteiger partial charge is 0.410 e. The number of nitrogens with zero attached hydrogens (tertiary/aromatic N) is 1. The minimum atomic E-state index is -3.45. The molecule has 1 heterocycles. The van der Waals surface area contributed by atoms with Crippen LogP contribution in [0.5, 0.6) is 0 Å². The van der Waals surface area contributed by atoms with Gasteiger partial charge in [0.05, 0.1) is 5.25 Å². The van der Waals surface area contributed by atoms with Crippen molar-refractivity contribution in [2.24, 2.45) is 4.99 Å². The molecule has 2 atom stereocenters. The van der Waals surface area contributed by atoms with Crippen molar-refractivity contribution in [3.8, 4) is 0 Å². The predicted molar refractivity (Wildman–Crippen MR) is 106 cm³/mol. The van der Waals surface area contributed by atoms with E-state index in [0.29, 0.717) is 4.47 Å². The summed E-state index contributed by atoms with van der Waals surface area (Å²) in [5.74, 6) is -0.690. The zero-order valence-corrected chi connectivity index (χ0v) is 17.1. The number of hydrogen-bond donors (Lipinski definition) is 4. The standard InChI is InChI=1S/C17H22BrFN2O4S/c1-5-6-13-17(4,11-9-10(18)7-8-12(11)19)21-14(20-15(22)23)16(2,3)26(13,24)25/h5,7-9,13,24-25H,1,6H2,2-4H3,(H,20,21)(H,22,23)/t13-,17-/m1/s1. The molecule has 0 aliphatic carbocycles. The van der Waals surface area contributed by atoms with Crippen LogP contribution in [-0.4, -0.2) is 36.1 Å². The summed E-state index contributed by atoms with van der Waals surface area (Å²) in [6.45, 7) is 8.24. The highest BCUT2D eigenvalue weighted by atomic mass is 79.9. The molecule has 1 aromatic rings. The molecule has 26 heavy (non-hydrogen) atoms. The van der Waals surface area contributed by atoms with E-state index in [-0.39, 0.29) is 17.8 Å². The SMILES string of the molecule is C=CC[C@@H]1[C@@](C)(c2cc(Br)ccc2F)N=C(NC(=O)O)C(C)(C)S1(O)O. The first-order valence-electron chi connectivity index (χ1n) is 7.81. The number of carbonyl (C=O) groups is 1. The van der Waals surface area contributed by atoms with Crippen LogP contribution >= 0.6 is 26.5 Å². The van der Waals surface area contributed by atoms with Gasteiger partial charge in [0.15, 0.2) is 0 Å². The highest BCUT2D eigenvalue weighted by Crippen LogP contribution is 2.65. The number of halogens is 2. The molecule has 144 valence electrons. The van der Waals surface area contributed by atoms with Gasteiger partial charge in [-0.05, 0) is 45.4 Å². The van der Waals surface area contributed by atoms with Crippen LogP contribution in [-0.2, 0) is 5.54 Å². The maximum atomic E-state index is 14.6. The molecular formula is C17H22BrFN2O4S. The number of nitrogens with one attached hydrogen (secondary N) is 1. The second-order valence-electron chi connectivity index (χ2n) is 6.78. The predicted octanol–water partition coefficient (Wildman–Crippen LogP) is 4.96. The molecule has 0 unspecified atom stereocenters. The van der Waals surface area contributed by atoms with E-state index >= 15 is 0 Å². The molecule has 0 bridgehead atoms. The Balaban J connectivity index is 2.83. The highest BCUT2D eigenvalue weighted by Gasteiger charge is 2.57. The number of allylic oxidation sites excluding steroid dienone is 1. The van der Waals surface area contributed by atoms with Crippen LogP contribution in [0.3, 0.4) is 0 Å². The van der Waals surface area contributed by atoms with E-state index in [1.54, 1.807) is 6.92 Å². The van der Waals surface area contributed by atoms with Gasteiger partial charge in [0.25, 0.3) is 0 Å². The normalized spacial score (nSPS) is 28.0. The summed E-state index contributed by atoms with van der Waals surface area (Å²) >= 11 is 3.29. The van der Waals surface area contributed by atoms with E-state index in [2.05, 4.69) is 32.8 Å². The van der Waals surface area contributed by atoms with E-state index in [1.165, 1.54) is 38.1 Å². The van der Waals surface area contributed by atoms with E-state index in [0.717, 1.165) is 0 Å². The molecule has 1 amide bonds. The fourth-order valence-corrected chi connectivity index (χ4v) is 5.85. The second-order valence-corrected chi connectivity index (χ2v) is 10.5. The number of aliphatic imine (C=N–C) groups is 1. The van der Waals surface area contributed by atoms with Crippen molar-refractivity contribution in [1.82, 2.24) is 5.32 Å². The van der Waals surface area contributed by atoms with Crippen LogP contribution < -0.4 is 5.32 Å². The molecule has 1 aliphatic heterocycles. The van der Waals surface area contributed by atoms with Gasteiger partial charge < -0.3 is 5.11 Å². The molecule has 4 N–H and O–H groups in total. The third kappa shape index (κ3) is 3.28. The lowest BCUT2D eigenvalue weighted by Gasteiger charge is -2.59. The third-order valence-electron chi connectivity index (χ3n) is 4.77. The molecule has 0 saturated heterocycles. The summed E-state index contributed by atoms with van der Waals surface area (Å²) in [6.07, 6.45) is 0.304. The van der Waals surface area contributed by atoms with E-state index in [9.17, 15) is 18.3 Å². The Kier molecular flexibility index (Phi) is 5.59. The van der Waals surface area contributed by atoms with Crippen LogP contribution in [0.4, 0.5) is 9.18 Å². The molecule has 1 aliphatic rings. The number of amides is 1. The lowest BCUT2D eigenvalue weighted by atomic mass is 9.86. The topological polar surface area (TPSA) is 102 Å². The van der Waals surface area contributed by atoms with E-state index < -0.39 is 38.0 Å². The molecule has 9 heteroatoms. The van der Waals surface area contributed by atoms with Crippen molar-refractivity contribution in [2.45, 2.75) is 42.7 Å². The van der Waals surface area contributed by atoms with Crippen LogP contribution in [0.15, 0.2) is 40.3 Å². The molecule has 0 fully saturated rings. The Morgan fingerprint density at radius 2 is 2.08 bits per heavy atom. The fraction of sp³-hybridized carbons (Fsp3) is 0.412. The largest absolute Gasteiger partial charge is 0.465 e. The summed E-state index contributed by atoms with van der Waals surface area (Å²) in [5, 5.41) is 10.4. The summed E-state index contributed by atoms with van der Waals surface area (Å²) in [7, 11) is -3.45. The highest BCUT2D eigenvalue weighted by molar-refractivity contribution is 9.10. The van der Waals surface area contributed by atoms with Crippen LogP contribution in [0.1, 0.15) is 32.8 Å². The summed E-state index contributed by atoms with van der Waals surface area (Å²) in [5.41, 5.74) is -1.27. The lowest BCUT2D eigenvalue weighted by Crippen LogP contribution is -2.58. The maximum Gasteiger partial charge on any atom is 0.410 e. The minimum Gasteiger partial charge on any atom is -0.465 e. The van der Waals surface area contributed by atoms with Gasteiger partial charge in [0, 0.05) is 10.0 Å². The zero-order chi connectivity index (χ0) is 19.9. The first kappa shape index (κ1) is 20.9. The van der Waals surface area contributed by atoms with Gasteiger partial charge in [0.2, 0.25) is 0 Å². The van der Waals surface area contributed by atoms with E-state index in [1.807, 2.05) is 0 Å². The summed E-state index contributed by atoms with van der Waals surface area (Å²) in [4.78, 5) is 15.7. The van der Waals surface area contributed by atoms with Gasteiger partial charge in [-0.1, -0.05) is 22.0 Å². The Labute approximate surface area is 161 Å². The van der Waals surface area contributed by atoms with Crippen molar-refractivity contribution in [3.05, 3.63) is 46.7 Å². The van der Waals surface area contributed by atoms with Gasteiger partial charge in [0.1, 0.15) is 21.9 Å². The van der Waals surface area contributed by atoms with Gasteiger partial charge >= 0.3 is 6.09 Å². The summed E-state index contributed by atoms with van der Waals surface area (Å²) < 4.78 is 36.0.